The normalized spacial score (nSPS) is 18.9. The molecule has 4 amide bonds. The second-order valence-corrected chi connectivity index (χ2v) is 15.0. The zero-order valence-electron chi connectivity index (χ0n) is 27.7. The predicted molar refractivity (Wildman–Crippen MR) is 181 cm³/mol. The Balaban J connectivity index is 1.55. The van der Waals surface area contributed by atoms with Crippen molar-refractivity contribution in [1.29, 1.82) is 0 Å². The summed E-state index contributed by atoms with van der Waals surface area (Å²) in [5, 5.41) is 30.1. The van der Waals surface area contributed by atoms with Gasteiger partial charge in [-0.05, 0) is 37.2 Å². The van der Waals surface area contributed by atoms with E-state index in [-0.39, 0.29) is 56.1 Å². The van der Waals surface area contributed by atoms with Gasteiger partial charge >= 0.3 is 6.03 Å². The number of hydrogen-bond acceptors (Lipinski definition) is 8. The minimum atomic E-state index is -3.51. The van der Waals surface area contributed by atoms with Gasteiger partial charge in [0.25, 0.3) is 0 Å². The first kappa shape index (κ1) is 38.7. The Labute approximate surface area is 279 Å². The number of piperidine rings is 1. The van der Waals surface area contributed by atoms with E-state index in [0.29, 0.717) is 44.7 Å². The van der Waals surface area contributed by atoms with E-state index in [1.807, 2.05) is 30.3 Å². The molecule has 266 valence electrons. The first-order chi connectivity index (χ1) is 22.5. The number of sulfonamides is 1. The van der Waals surface area contributed by atoms with Gasteiger partial charge in [0.05, 0.1) is 24.0 Å². The van der Waals surface area contributed by atoms with Gasteiger partial charge in [-0.1, -0.05) is 69.4 Å². The van der Waals surface area contributed by atoms with E-state index in [2.05, 4.69) is 20.7 Å². The molecule has 2 aliphatic rings. The third kappa shape index (κ3) is 14.5. The first-order valence-electron chi connectivity index (χ1n) is 17.2. The van der Waals surface area contributed by atoms with Crippen molar-refractivity contribution in [3.8, 4) is 0 Å². The lowest BCUT2D eigenvalue weighted by Gasteiger charge is -2.31. The zero-order chi connectivity index (χ0) is 34.2. The van der Waals surface area contributed by atoms with Crippen LogP contribution in [0.25, 0.3) is 0 Å². The van der Waals surface area contributed by atoms with Crippen LogP contribution in [-0.2, 0) is 26.0 Å². The molecule has 1 saturated heterocycles. The van der Waals surface area contributed by atoms with Crippen LogP contribution in [0.5, 0.6) is 0 Å². The molecule has 1 aromatic rings. The molecule has 1 heterocycles. The number of carbonyl (C=O) groups excluding carboxylic acids is 3. The maximum absolute atomic E-state index is 13.3. The number of likely N-dealkylation sites (tertiary alicyclic amines) is 1. The van der Waals surface area contributed by atoms with Gasteiger partial charge in [-0.3, -0.25) is 9.59 Å². The fourth-order valence-electron chi connectivity index (χ4n) is 6.29. The highest BCUT2D eigenvalue weighted by Gasteiger charge is 2.29. The van der Waals surface area contributed by atoms with Crippen LogP contribution in [-0.4, -0.2) is 104 Å². The number of hydrogen-bond donors (Lipinski definition) is 7. The first-order valence-corrected chi connectivity index (χ1v) is 18.9. The third-order valence-electron chi connectivity index (χ3n) is 9.02. The largest absolute Gasteiger partial charge is 0.392 e. The Morgan fingerprint density at radius 2 is 1.68 bits per heavy atom. The van der Waals surface area contributed by atoms with Gasteiger partial charge in [0, 0.05) is 51.5 Å². The number of nitrogens with two attached hydrogens (primary N) is 1. The molecular formula is C33H56N6O7S. The maximum Gasteiger partial charge on any atom is 0.318 e. The van der Waals surface area contributed by atoms with Crippen LogP contribution >= 0.6 is 0 Å². The Morgan fingerprint density at radius 1 is 1.00 bits per heavy atom. The SMILES string of the molecule is CCCS(=O)(=O)NC[C@@H](O)C[C@H](O)[C@H](CC1CCCCC1)NC(=O)CCNC(=O)[C@H](Cc1ccccc1)NC(=O)N1CCC(N)CC1. The molecule has 1 aliphatic carbocycles. The number of aliphatic hydroxyl groups is 2. The Hall–Kier alpha value is -2.78. The van der Waals surface area contributed by atoms with Crippen LogP contribution in [0.1, 0.15) is 83.1 Å². The Morgan fingerprint density at radius 3 is 2.34 bits per heavy atom. The Bertz CT molecular complexity index is 1210. The quantitative estimate of drug-likeness (QED) is 0.120. The van der Waals surface area contributed by atoms with E-state index in [0.717, 1.165) is 37.7 Å². The summed E-state index contributed by atoms with van der Waals surface area (Å²) in [5.41, 5.74) is 6.86. The standard InChI is InChI=1S/C33H56N6O7S/c1-2-19-47(45,46)36-23-27(40)22-30(41)28(20-24-9-5-3-6-10-24)37-31(42)13-16-35-32(43)29(21-25-11-7-4-8-12-25)38-33(44)39-17-14-26(34)15-18-39/h4,7-8,11-12,24,26-30,36,40-41H,2-3,5-6,9-10,13-23,34H2,1H3,(H,35,43)(H,37,42)(H,38,44)/t27-,28-,29-,30-/m0/s1. The predicted octanol–water partition coefficient (Wildman–Crippen LogP) is 1.13. The molecule has 13 nitrogen and oxygen atoms in total. The molecule has 0 spiro atoms. The van der Waals surface area contributed by atoms with Gasteiger partial charge in [0.2, 0.25) is 21.8 Å². The molecule has 14 heteroatoms. The van der Waals surface area contributed by atoms with E-state index >= 15 is 0 Å². The van der Waals surface area contributed by atoms with Gasteiger partial charge in [0.15, 0.2) is 0 Å². The van der Waals surface area contributed by atoms with E-state index in [9.17, 15) is 33.0 Å². The number of nitrogens with zero attached hydrogens (tertiary/aromatic N) is 1. The molecule has 1 saturated carbocycles. The molecular weight excluding hydrogens is 624 g/mol. The van der Waals surface area contributed by atoms with Crippen molar-refractivity contribution < 1.29 is 33.0 Å². The maximum atomic E-state index is 13.3. The number of urea groups is 1. The summed E-state index contributed by atoms with van der Waals surface area (Å²) in [4.78, 5) is 41.0. The van der Waals surface area contributed by atoms with Gasteiger partial charge in [0.1, 0.15) is 6.04 Å². The van der Waals surface area contributed by atoms with Crippen molar-refractivity contribution in [3.63, 3.8) is 0 Å². The number of carbonyl (C=O) groups is 3. The topological polar surface area (TPSA) is 203 Å². The molecule has 2 fully saturated rings. The van der Waals surface area contributed by atoms with Crippen molar-refractivity contribution in [2.45, 2.75) is 114 Å². The van der Waals surface area contributed by atoms with Crippen molar-refractivity contribution in [2.75, 3.05) is 31.9 Å². The molecule has 1 aromatic carbocycles. The number of benzene rings is 1. The molecule has 0 bridgehead atoms. The lowest BCUT2D eigenvalue weighted by atomic mass is 9.83. The summed E-state index contributed by atoms with van der Waals surface area (Å²) in [6.07, 6.45) is 5.62. The molecule has 4 atom stereocenters. The molecule has 3 rings (SSSR count). The van der Waals surface area contributed by atoms with Gasteiger partial charge < -0.3 is 36.8 Å². The van der Waals surface area contributed by atoms with Crippen LogP contribution in [0.2, 0.25) is 0 Å². The summed E-state index contributed by atoms with van der Waals surface area (Å²) in [6, 6.07) is 7.63. The van der Waals surface area contributed by atoms with Crippen LogP contribution in [0.15, 0.2) is 30.3 Å². The van der Waals surface area contributed by atoms with Gasteiger partial charge in [-0.25, -0.2) is 17.9 Å². The van der Waals surface area contributed by atoms with E-state index < -0.39 is 40.2 Å². The number of rotatable bonds is 18. The van der Waals surface area contributed by atoms with E-state index in [1.54, 1.807) is 11.8 Å². The van der Waals surface area contributed by atoms with Crippen molar-refractivity contribution in [3.05, 3.63) is 35.9 Å². The highest BCUT2D eigenvalue weighted by atomic mass is 32.2. The van der Waals surface area contributed by atoms with Crippen LogP contribution in [0.3, 0.4) is 0 Å². The molecule has 0 radical (unpaired) electrons. The third-order valence-corrected chi connectivity index (χ3v) is 10.6. The summed E-state index contributed by atoms with van der Waals surface area (Å²) < 4.78 is 26.3. The molecule has 8 N–H and O–H groups in total. The minimum Gasteiger partial charge on any atom is -0.392 e. The van der Waals surface area contributed by atoms with Crippen molar-refractivity contribution in [1.82, 2.24) is 25.6 Å². The monoisotopic (exact) mass is 680 g/mol. The molecule has 47 heavy (non-hydrogen) atoms. The zero-order valence-corrected chi connectivity index (χ0v) is 28.6. The lowest BCUT2D eigenvalue weighted by Crippen LogP contribution is -2.54. The second-order valence-electron chi connectivity index (χ2n) is 13.1. The molecule has 1 aliphatic heterocycles. The summed E-state index contributed by atoms with van der Waals surface area (Å²) in [7, 11) is -3.51. The average Bonchev–Trinajstić information content (AvgIpc) is 3.04. The number of nitrogens with one attached hydrogen (secondary N) is 4. The minimum absolute atomic E-state index is 0.0263. The smallest absolute Gasteiger partial charge is 0.318 e. The van der Waals surface area contributed by atoms with Gasteiger partial charge in [-0.2, -0.15) is 0 Å². The lowest BCUT2D eigenvalue weighted by molar-refractivity contribution is -0.124. The van der Waals surface area contributed by atoms with Crippen molar-refractivity contribution >= 4 is 27.9 Å². The summed E-state index contributed by atoms with van der Waals surface area (Å²) in [6.45, 7) is 2.59. The van der Waals surface area contributed by atoms with E-state index in [4.69, 9.17) is 5.73 Å². The fourth-order valence-corrected chi connectivity index (χ4v) is 7.42. The van der Waals surface area contributed by atoms with E-state index in [1.165, 1.54) is 0 Å². The summed E-state index contributed by atoms with van der Waals surface area (Å²) in [5.74, 6) is -0.499. The molecule has 0 unspecified atom stereocenters. The van der Waals surface area contributed by atoms with Gasteiger partial charge in [-0.15, -0.1) is 0 Å². The van der Waals surface area contributed by atoms with Crippen molar-refractivity contribution in [2.24, 2.45) is 11.7 Å². The molecule has 0 aromatic heterocycles. The number of aliphatic hydroxyl groups excluding tert-OH is 2. The van der Waals surface area contributed by atoms with Crippen LogP contribution in [0.4, 0.5) is 4.79 Å². The second kappa shape index (κ2) is 19.9. The number of amides is 4. The summed E-state index contributed by atoms with van der Waals surface area (Å²) >= 11 is 0. The average molecular weight is 681 g/mol. The highest BCUT2D eigenvalue weighted by Crippen LogP contribution is 2.28. The fraction of sp³-hybridized carbons (Fsp3) is 0.727. The Kier molecular flexibility index (Phi) is 16.4. The van der Waals surface area contributed by atoms with Crippen LogP contribution in [0, 0.1) is 5.92 Å². The highest BCUT2D eigenvalue weighted by molar-refractivity contribution is 7.89. The van der Waals surface area contributed by atoms with Crippen LogP contribution < -0.4 is 26.4 Å².